The summed E-state index contributed by atoms with van der Waals surface area (Å²) in [6.45, 7) is 5.88. The number of anilines is 1. The zero-order valence-electron chi connectivity index (χ0n) is 15.1. The molecule has 1 heterocycles. The van der Waals surface area contributed by atoms with E-state index in [4.69, 9.17) is 22.1 Å². The van der Waals surface area contributed by atoms with E-state index in [1.807, 2.05) is 13.8 Å². The lowest BCUT2D eigenvalue weighted by Gasteiger charge is -2.26. The molecule has 146 valence electrons. The molecule has 1 aliphatic heterocycles. The number of hydrogen-bond acceptors (Lipinski definition) is 4. The van der Waals surface area contributed by atoms with Crippen molar-refractivity contribution in [3.05, 3.63) is 28.8 Å². The molecule has 0 aromatic heterocycles. The van der Waals surface area contributed by atoms with Crippen LogP contribution in [0.4, 0.5) is 5.69 Å². The number of rotatable bonds is 6. The summed E-state index contributed by atoms with van der Waals surface area (Å²) < 4.78 is 5.29. The first-order valence-electron chi connectivity index (χ1n) is 8.60. The molecule has 2 amide bonds. The van der Waals surface area contributed by atoms with Crippen molar-refractivity contribution < 1.29 is 14.3 Å². The van der Waals surface area contributed by atoms with Crippen molar-refractivity contribution >= 4 is 41.5 Å². The summed E-state index contributed by atoms with van der Waals surface area (Å²) in [6.07, 6.45) is 1.56. The van der Waals surface area contributed by atoms with Crippen LogP contribution in [0.3, 0.4) is 0 Å². The van der Waals surface area contributed by atoms with Crippen LogP contribution in [-0.2, 0) is 9.53 Å². The number of carbonyl (C=O) groups is 2. The van der Waals surface area contributed by atoms with E-state index < -0.39 is 6.04 Å². The Balaban J connectivity index is 0.00000338. The van der Waals surface area contributed by atoms with E-state index in [0.717, 1.165) is 12.8 Å². The molecule has 1 aromatic carbocycles. The summed E-state index contributed by atoms with van der Waals surface area (Å²) in [4.78, 5) is 24.4. The van der Waals surface area contributed by atoms with Gasteiger partial charge in [-0.15, -0.1) is 12.4 Å². The molecule has 6 nitrogen and oxygen atoms in total. The van der Waals surface area contributed by atoms with Crippen molar-refractivity contribution in [3.63, 3.8) is 0 Å². The van der Waals surface area contributed by atoms with Gasteiger partial charge in [0.05, 0.1) is 16.6 Å². The van der Waals surface area contributed by atoms with Gasteiger partial charge in [0, 0.05) is 25.4 Å². The van der Waals surface area contributed by atoms with E-state index in [1.54, 1.807) is 18.2 Å². The van der Waals surface area contributed by atoms with Gasteiger partial charge in [-0.2, -0.15) is 0 Å². The molecular weight excluding hydrogens is 377 g/mol. The van der Waals surface area contributed by atoms with Gasteiger partial charge in [-0.3, -0.25) is 9.59 Å². The minimum absolute atomic E-state index is 0. The zero-order valence-corrected chi connectivity index (χ0v) is 16.7. The summed E-state index contributed by atoms with van der Waals surface area (Å²) in [5.41, 5.74) is 6.97. The van der Waals surface area contributed by atoms with E-state index in [0.29, 0.717) is 41.9 Å². The maximum Gasteiger partial charge on any atom is 0.252 e. The monoisotopic (exact) mass is 403 g/mol. The number of carbonyl (C=O) groups excluding carboxylic acids is 2. The predicted molar refractivity (Wildman–Crippen MR) is 106 cm³/mol. The van der Waals surface area contributed by atoms with Gasteiger partial charge in [-0.1, -0.05) is 25.4 Å². The van der Waals surface area contributed by atoms with Crippen LogP contribution in [-0.4, -0.2) is 37.6 Å². The smallest absolute Gasteiger partial charge is 0.252 e. The topological polar surface area (TPSA) is 93.5 Å². The average molecular weight is 404 g/mol. The Morgan fingerprint density at radius 3 is 2.54 bits per heavy atom. The predicted octanol–water partition coefficient (Wildman–Crippen LogP) is 2.84. The van der Waals surface area contributed by atoms with Crippen molar-refractivity contribution in [2.45, 2.75) is 32.7 Å². The van der Waals surface area contributed by atoms with Crippen molar-refractivity contribution in [3.8, 4) is 0 Å². The maximum absolute atomic E-state index is 12.3. The number of nitrogens with two attached hydrogens (primary N) is 1. The molecule has 1 saturated heterocycles. The second kappa shape index (κ2) is 10.7. The fourth-order valence-corrected chi connectivity index (χ4v) is 2.95. The molecule has 4 N–H and O–H groups in total. The van der Waals surface area contributed by atoms with Gasteiger partial charge in [-0.25, -0.2) is 0 Å². The van der Waals surface area contributed by atoms with E-state index in [9.17, 15) is 9.59 Å². The Labute approximate surface area is 165 Å². The molecule has 1 fully saturated rings. The summed E-state index contributed by atoms with van der Waals surface area (Å²) in [6, 6.07) is 4.25. The highest BCUT2D eigenvalue weighted by molar-refractivity contribution is 6.34. The molecule has 0 bridgehead atoms. The minimum atomic E-state index is -0.586. The van der Waals surface area contributed by atoms with E-state index in [2.05, 4.69) is 10.6 Å². The molecular formula is C18H27Cl2N3O3. The zero-order chi connectivity index (χ0) is 18.4. The molecule has 0 saturated carbocycles. The number of ether oxygens (including phenoxy) is 1. The molecule has 1 aromatic rings. The van der Waals surface area contributed by atoms with Crippen LogP contribution in [0, 0.1) is 11.8 Å². The summed E-state index contributed by atoms with van der Waals surface area (Å²) in [5.74, 6) is -0.00581. The third-order valence-corrected chi connectivity index (χ3v) is 4.54. The Morgan fingerprint density at radius 1 is 1.31 bits per heavy atom. The van der Waals surface area contributed by atoms with Gasteiger partial charge in [0.1, 0.15) is 0 Å². The van der Waals surface area contributed by atoms with Gasteiger partial charge in [0.25, 0.3) is 5.91 Å². The van der Waals surface area contributed by atoms with Crippen molar-refractivity contribution in [2.75, 3.05) is 25.1 Å². The van der Waals surface area contributed by atoms with Crippen LogP contribution in [0.25, 0.3) is 0 Å². The largest absolute Gasteiger partial charge is 0.381 e. The maximum atomic E-state index is 12.3. The highest BCUT2D eigenvalue weighted by atomic mass is 35.5. The number of halogens is 2. The molecule has 1 aliphatic rings. The van der Waals surface area contributed by atoms with Crippen LogP contribution in [0.2, 0.25) is 5.02 Å². The Kier molecular flexibility index (Phi) is 9.36. The lowest BCUT2D eigenvalue weighted by atomic mass is 9.92. The Bertz CT molecular complexity index is 620. The molecule has 0 aliphatic carbocycles. The van der Waals surface area contributed by atoms with Gasteiger partial charge in [-0.05, 0) is 42.9 Å². The van der Waals surface area contributed by atoms with Gasteiger partial charge in [0.15, 0.2) is 0 Å². The fourth-order valence-electron chi connectivity index (χ4n) is 2.68. The molecule has 26 heavy (non-hydrogen) atoms. The average Bonchev–Trinajstić information content (AvgIpc) is 2.59. The Hall–Kier alpha value is -1.34. The molecule has 1 unspecified atom stereocenters. The van der Waals surface area contributed by atoms with Gasteiger partial charge >= 0.3 is 0 Å². The molecule has 8 heteroatoms. The fraction of sp³-hybridized carbons (Fsp3) is 0.556. The minimum Gasteiger partial charge on any atom is -0.381 e. The van der Waals surface area contributed by atoms with Crippen LogP contribution < -0.4 is 16.4 Å². The van der Waals surface area contributed by atoms with Crippen LogP contribution in [0.1, 0.15) is 37.0 Å². The molecule has 1 atom stereocenters. The van der Waals surface area contributed by atoms with Crippen molar-refractivity contribution in [1.82, 2.24) is 5.32 Å². The first-order chi connectivity index (χ1) is 11.9. The Morgan fingerprint density at radius 2 is 1.96 bits per heavy atom. The molecule has 0 spiro atoms. The van der Waals surface area contributed by atoms with Crippen LogP contribution in [0.5, 0.6) is 0 Å². The van der Waals surface area contributed by atoms with Crippen molar-refractivity contribution in [1.29, 1.82) is 0 Å². The first kappa shape index (κ1) is 22.7. The standard InChI is InChI=1S/C18H26ClN3O3.ClH/c1-11(2)10-21-17(23)14-4-3-13(9-15(14)19)22-18(24)16(20)12-5-7-25-8-6-12;/h3-4,9,11-12,16H,5-8,10,20H2,1-2H3,(H,21,23)(H,22,24);1H. The van der Waals surface area contributed by atoms with Crippen LogP contribution >= 0.6 is 24.0 Å². The second-order valence-electron chi connectivity index (χ2n) is 6.76. The van der Waals surface area contributed by atoms with E-state index in [-0.39, 0.29) is 30.1 Å². The highest BCUT2D eigenvalue weighted by Gasteiger charge is 2.26. The molecule has 2 rings (SSSR count). The van der Waals surface area contributed by atoms with Crippen molar-refractivity contribution in [2.24, 2.45) is 17.6 Å². The summed E-state index contributed by atoms with van der Waals surface area (Å²) >= 11 is 6.19. The first-order valence-corrected chi connectivity index (χ1v) is 8.98. The van der Waals surface area contributed by atoms with Crippen LogP contribution in [0.15, 0.2) is 18.2 Å². The lowest BCUT2D eigenvalue weighted by Crippen LogP contribution is -2.44. The number of nitrogens with one attached hydrogen (secondary N) is 2. The second-order valence-corrected chi connectivity index (χ2v) is 7.17. The summed E-state index contributed by atoms with van der Waals surface area (Å²) in [5, 5.41) is 5.88. The SMILES string of the molecule is CC(C)CNC(=O)c1ccc(NC(=O)C(N)C2CCOCC2)cc1Cl.Cl. The quantitative estimate of drug-likeness (QED) is 0.680. The molecule has 0 radical (unpaired) electrons. The number of hydrogen-bond donors (Lipinski definition) is 3. The summed E-state index contributed by atoms with van der Waals surface area (Å²) in [7, 11) is 0. The van der Waals surface area contributed by atoms with E-state index >= 15 is 0 Å². The number of amides is 2. The third kappa shape index (κ3) is 6.43. The van der Waals surface area contributed by atoms with Gasteiger partial charge < -0.3 is 21.1 Å². The highest BCUT2D eigenvalue weighted by Crippen LogP contribution is 2.23. The third-order valence-electron chi connectivity index (χ3n) is 4.23. The number of benzene rings is 1. The van der Waals surface area contributed by atoms with Gasteiger partial charge in [0.2, 0.25) is 5.91 Å². The normalized spacial score (nSPS) is 15.9. The lowest BCUT2D eigenvalue weighted by molar-refractivity contribution is -0.119. The van der Waals surface area contributed by atoms with E-state index in [1.165, 1.54) is 0 Å².